The summed E-state index contributed by atoms with van der Waals surface area (Å²) in [6.07, 6.45) is 12.4. The highest BCUT2D eigenvalue weighted by molar-refractivity contribution is 5.32. The molecule has 1 N–H and O–H groups in total. The summed E-state index contributed by atoms with van der Waals surface area (Å²) in [7, 11) is 0. The van der Waals surface area contributed by atoms with Crippen LogP contribution in [0.3, 0.4) is 0 Å². The molecule has 1 nitrogen and oxygen atoms in total. The van der Waals surface area contributed by atoms with Crippen molar-refractivity contribution in [2.45, 2.75) is 50.5 Å². The number of hydrogen-bond donors (Lipinski definition) is 1. The molecule has 0 spiro atoms. The summed E-state index contributed by atoms with van der Waals surface area (Å²) < 4.78 is 0. The topological polar surface area (TPSA) is 12.0 Å². The van der Waals surface area contributed by atoms with E-state index in [1.54, 1.807) is 11.1 Å². The number of fused-ring (bicyclic) bond motifs is 1. The van der Waals surface area contributed by atoms with Gasteiger partial charge in [0.05, 0.1) is 0 Å². The van der Waals surface area contributed by atoms with Gasteiger partial charge in [0.15, 0.2) is 0 Å². The molecule has 0 aromatic heterocycles. The second-order valence-corrected chi connectivity index (χ2v) is 5.68. The van der Waals surface area contributed by atoms with Crippen molar-refractivity contribution in [3.8, 4) is 0 Å². The quantitative estimate of drug-likeness (QED) is 0.794. The average molecular weight is 241 g/mol. The Morgan fingerprint density at radius 3 is 2.94 bits per heavy atom. The Bertz CT molecular complexity index is 421. The molecule has 0 heterocycles. The monoisotopic (exact) mass is 241 g/mol. The summed E-state index contributed by atoms with van der Waals surface area (Å²) in [5, 5.41) is 3.78. The Kier molecular flexibility index (Phi) is 3.80. The molecule has 2 atom stereocenters. The van der Waals surface area contributed by atoms with Crippen molar-refractivity contribution in [1.29, 1.82) is 0 Å². The van der Waals surface area contributed by atoms with E-state index in [4.69, 9.17) is 0 Å². The van der Waals surface area contributed by atoms with E-state index in [9.17, 15) is 0 Å². The average Bonchev–Trinajstić information content (AvgIpc) is 2.46. The van der Waals surface area contributed by atoms with Crippen LogP contribution >= 0.6 is 0 Å². The van der Waals surface area contributed by atoms with Gasteiger partial charge in [0.1, 0.15) is 0 Å². The van der Waals surface area contributed by atoms with Gasteiger partial charge in [0.2, 0.25) is 0 Å². The molecule has 0 saturated heterocycles. The van der Waals surface area contributed by atoms with E-state index < -0.39 is 0 Å². The smallest absolute Gasteiger partial charge is 0.0105 e. The summed E-state index contributed by atoms with van der Waals surface area (Å²) in [6, 6.07) is 9.73. The van der Waals surface area contributed by atoms with Gasteiger partial charge in [-0.2, -0.15) is 0 Å². The number of benzene rings is 1. The Hall–Kier alpha value is -1.08. The molecule has 96 valence electrons. The Morgan fingerprint density at radius 1 is 1.11 bits per heavy atom. The third-order valence-corrected chi connectivity index (χ3v) is 4.42. The van der Waals surface area contributed by atoms with Crippen LogP contribution in [0.1, 0.15) is 49.1 Å². The normalized spacial score (nSPS) is 26.9. The van der Waals surface area contributed by atoms with E-state index in [1.807, 2.05) is 0 Å². The molecule has 0 saturated carbocycles. The lowest BCUT2D eigenvalue weighted by Crippen LogP contribution is -2.34. The molecule has 2 unspecified atom stereocenters. The van der Waals surface area contributed by atoms with Gasteiger partial charge in [0.25, 0.3) is 0 Å². The van der Waals surface area contributed by atoms with Crippen LogP contribution in [0, 0.1) is 0 Å². The highest BCUT2D eigenvalue weighted by atomic mass is 14.9. The predicted octanol–water partition coefficient (Wildman–Crippen LogP) is 3.80. The van der Waals surface area contributed by atoms with Crippen molar-refractivity contribution in [3.05, 3.63) is 47.5 Å². The lowest BCUT2D eigenvalue weighted by Gasteiger charge is -2.28. The zero-order valence-corrected chi connectivity index (χ0v) is 11.1. The van der Waals surface area contributed by atoms with Gasteiger partial charge in [-0.15, -0.1) is 0 Å². The van der Waals surface area contributed by atoms with Crippen molar-refractivity contribution in [1.82, 2.24) is 5.32 Å². The van der Waals surface area contributed by atoms with E-state index in [0.717, 1.165) is 12.5 Å². The SMILES string of the molecule is C1=CCC(NCC2CCCc3ccccc32)CC1. The maximum Gasteiger partial charge on any atom is 0.0105 e. The fourth-order valence-electron chi connectivity index (χ4n) is 3.35. The lowest BCUT2D eigenvalue weighted by molar-refractivity contribution is 0.429. The standard InChI is InChI=1S/C17H23N/c1-2-10-16(11-3-1)18-13-15-9-6-8-14-7-4-5-12-17(14)15/h1-2,4-5,7,12,15-16,18H,3,6,8-11,13H2. The molecular formula is C17H23N. The van der Waals surface area contributed by atoms with E-state index in [-0.39, 0.29) is 0 Å². The molecule has 1 heteroatoms. The maximum absolute atomic E-state index is 3.78. The second kappa shape index (κ2) is 5.71. The number of allylic oxidation sites excluding steroid dienone is 1. The van der Waals surface area contributed by atoms with Crippen LogP contribution in [0.25, 0.3) is 0 Å². The minimum Gasteiger partial charge on any atom is -0.313 e. The van der Waals surface area contributed by atoms with Crippen LogP contribution in [0.4, 0.5) is 0 Å². The molecule has 18 heavy (non-hydrogen) atoms. The van der Waals surface area contributed by atoms with Crippen LogP contribution in [0.15, 0.2) is 36.4 Å². The zero-order chi connectivity index (χ0) is 12.2. The van der Waals surface area contributed by atoms with Gasteiger partial charge in [0, 0.05) is 12.6 Å². The first-order valence-electron chi connectivity index (χ1n) is 7.39. The Balaban J connectivity index is 1.62. The van der Waals surface area contributed by atoms with E-state index >= 15 is 0 Å². The fourth-order valence-corrected chi connectivity index (χ4v) is 3.35. The highest BCUT2D eigenvalue weighted by Crippen LogP contribution is 2.31. The molecule has 3 rings (SSSR count). The van der Waals surface area contributed by atoms with Gasteiger partial charge in [-0.05, 0) is 55.6 Å². The van der Waals surface area contributed by atoms with Crippen molar-refractivity contribution >= 4 is 0 Å². The third kappa shape index (κ3) is 2.67. The van der Waals surface area contributed by atoms with E-state index in [1.165, 1.54) is 38.5 Å². The number of aryl methyl sites for hydroxylation is 1. The predicted molar refractivity (Wildman–Crippen MR) is 76.9 cm³/mol. The van der Waals surface area contributed by atoms with Gasteiger partial charge in [-0.3, -0.25) is 0 Å². The van der Waals surface area contributed by atoms with E-state index in [0.29, 0.717) is 6.04 Å². The van der Waals surface area contributed by atoms with Crippen LogP contribution in [-0.2, 0) is 6.42 Å². The van der Waals surface area contributed by atoms with Crippen molar-refractivity contribution in [2.24, 2.45) is 0 Å². The van der Waals surface area contributed by atoms with Gasteiger partial charge in [-0.1, -0.05) is 36.4 Å². The lowest BCUT2D eigenvalue weighted by atomic mass is 9.82. The molecule has 0 bridgehead atoms. The van der Waals surface area contributed by atoms with Gasteiger partial charge in [-0.25, -0.2) is 0 Å². The summed E-state index contributed by atoms with van der Waals surface area (Å²) >= 11 is 0. The fraction of sp³-hybridized carbons (Fsp3) is 0.529. The highest BCUT2D eigenvalue weighted by Gasteiger charge is 2.20. The van der Waals surface area contributed by atoms with Gasteiger partial charge < -0.3 is 5.32 Å². The molecule has 1 aromatic carbocycles. The molecule has 0 fully saturated rings. The summed E-state index contributed by atoms with van der Waals surface area (Å²) in [4.78, 5) is 0. The van der Waals surface area contributed by atoms with E-state index in [2.05, 4.69) is 41.7 Å². The van der Waals surface area contributed by atoms with Crippen molar-refractivity contribution < 1.29 is 0 Å². The van der Waals surface area contributed by atoms with Crippen molar-refractivity contribution in [3.63, 3.8) is 0 Å². The first-order chi connectivity index (χ1) is 8.93. The second-order valence-electron chi connectivity index (χ2n) is 5.68. The minimum absolute atomic E-state index is 0.712. The molecule has 2 aliphatic carbocycles. The largest absolute Gasteiger partial charge is 0.313 e. The maximum atomic E-state index is 3.78. The Morgan fingerprint density at radius 2 is 2.06 bits per heavy atom. The van der Waals surface area contributed by atoms with Gasteiger partial charge >= 0.3 is 0 Å². The number of nitrogens with one attached hydrogen (secondary N) is 1. The van der Waals surface area contributed by atoms with Crippen LogP contribution in [0.5, 0.6) is 0 Å². The zero-order valence-electron chi connectivity index (χ0n) is 11.1. The summed E-state index contributed by atoms with van der Waals surface area (Å²) in [5.41, 5.74) is 3.18. The molecule has 2 aliphatic rings. The first kappa shape index (κ1) is 12.0. The van der Waals surface area contributed by atoms with Crippen molar-refractivity contribution in [2.75, 3.05) is 6.54 Å². The molecular weight excluding hydrogens is 218 g/mol. The summed E-state index contributed by atoms with van der Waals surface area (Å²) in [5.74, 6) is 0.737. The minimum atomic E-state index is 0.712. The van der Waals surface area contributed by atoms with Crippen LogP contribution in [-0.4, -0.2) is 12.6 Å². The first-order valence-corrected chi connectivity index (χ1v) is 7.39. The molecule has 0 radical (unpaired) electrons. The number of rotatable bonds is 3. The Labute approximate surface area is 110 Å². The van der Waals surface area contributed by atoms with Crippen LogP contribution in [0.2, 0.25) is 0 Å². The molecule has 0 amide bonds. The summed E-state index contributed by atoms with van der Waals surface area (Å²) in [6.45, 7) is 1.16. The van der Waals surface area contributed by atoms with Crippen LogP contribution < -0.4 is 5.32 Å². The molecule has 1 aromatic rings. The number of hydrogen-bond acceptors (Lipinski definition) is 1. The molecule has 0 aliphatic heterocycles. The third-order valence-electron chi connectivity index (χ3n) is 4.42.